The highest BCUT2D eigenvalue weighted by atomic mass is 127. The lowest BCUT2D eigenvalue weighted by Gasteiger charge is -2.16. The molecule has 0 fully saturated rings. The van der Waals surface area contributed by atoms with Crippen LogP contribution in [0.4, 0.5) is 0 Å². The molecule has 0 saturated carbocycles. The minimum Gasteiger partial charge on any atom is -0.390 e. The highest BCUT2D eigenvalue weighted by molar-refractivity contribution is 14.1. The molecule has 0 aromatic carbocycles. The summed E-state index contributed by atoms with van der Waals surface area (Å²) in [5, 5.41) is 26.3. The fourth-order valence-corrected chi connectivity index (χ4v) is 0.920. The zero-order valence-corrected chi connectivity index (χ0v) is 7.30. The second-order valence-corrected chi connectivity index (χ2v) is 2.72. The molecule has 0 bridgehead atoms. The first-order chi connectivity index (χ1) is 4.63. The molecular weight excluding hydrogens is 251 g/mol. The van der Waals surface area contributed by atoms with E-state index in [1.165, 1.54) is 0 Å². The zero-order valence-electron chi connectivity index (χ0n) is 5.14. The normalized spacial score (nSPS) is 19.6. The maximum atomic E-state index is 9.84. The number of hydrogen-bond acceptors (Lipinski definition) is 4. The maximum Gasteiger partial charge on any atom is 0.151 e. The summed E-state index contributed by atoms with van der Waals surface area (Å²) >= 11 is 1.84. The summed E-state index contributed by atoms with van der Waals surface area (Å²) in [6, 6.07) is 0. The molecule has 0 unspecified atom stereocenters. The monoisotopic (exact) mass is 260 g/mol. The molecule has 60 valence electrons. The Morgan fingerprint density at radius 2 is 1.90 bits per heavy atom. The minimum atomic E-state index is -1.48. The number of aliphatic hydroxyl groups is 3. The second-order valence-electron chi connectivity index (χ2n) is 1.84. The van der Waals surface area contributed by atoms with Crippen LogP contribution in [-0.4, -0.2) is 44.3 Å². The fourth-order valence-electron chi connectivity index (χ4n) is 0.399. The summed E-state index contributed by atoms with van der Waals surface area (Å²) < 4.78 is 0.282. The van der Waals surface area contributed by atoms with Crippen molar-refractivity contribution < 1.29 is 20.1 Å². The largest absolute Gasteiger partial charge is 0.390 e. The van der Waals surface area contributed by atoms with Crippen LogP contribution in [0.1, 0.15) is 0 Å². The number of alkyl halides is 1. The number of carbonyl (C=O) groups is 1. The van der Waals surface area contributed by atoms with Crippen LogP contribution in [0.2, 0.25) is 0 Å². The van der Waals surface area contributed by atoms with Crippen molar-refractivity contribution in [2.75, 3.05) is 4.43 Å². The van der Waals surface area contributed by atoms with Crippen LogP contribution in [0, 0.1) is 0 Å². The predicted molar refractivity (Wildman–Crippen MR) is 43.0 cm³/mol. The van der Waals surface area contributed by atoms with Crippen molar-refractivity contribution in [3.8, 4) is 0 Å². The first kappa shape index (κ1) is 10.3. The highest BCUT2D eigenvalue weighted by Crippen LogP contribution is 2.01. The topological polar surface area (TPSA) is 77.8 Å². The molecule has 0 aliphatic carbocycles. The van der Waals surface area contributed by atoms with Crippen LogP contribution in [0.3, 0.4) is 0 Å². The van der Waals surface area contributed by atoms with Crippen molar-refractivity contribution in [1.29, 1.82) is 0 Å². The highest BCUT2D eigenvalue weighted by Gasteiger charge is 2.22. The Bertz CT molecular complexity index is 108. The van der Waals surface area contributed by atoms with Crippen LogP contribution in [0.5, 0.6) is 0 Å². The molecule has 0 saturated heterocycles. The van der Waals surface area contributed by atoms with E-state index in [0.717, 1.165) is 0 Å². The van der Waals surface area contributed by atoms with Gasteiger partial charge in [-0.05, 0) is 0 Å². The Morgan fingerprint density at radius 1 is 1.40 bits per heavy atom. The van der Waals surface area contributed by atoms with Gasteiger partial charge in [0.15, 0.2) is 6.29 Å². The summed E-state index contributed by atoms with van der Waals surface area (Å²) in [6.07, 6.45) is -3.69. The summed E-state index contributed by atoms with van der Waals surface area (Å²) in [4.78, 5) is 9.84. The van der Waals surface area contributed by atoms with Gasteiger partial charge >= 0.3 is 0 Å². The number of rotatable bonds is 4. The van der Waals surface area contributed by atoms with Gasteiger partial charge in [0.1, 0.15) is 12.2 Å². The Morgan fingerprint density at radius 3 is 2.20 bits per heavy atom. The van der Waals surface area contributed by atoms with Crippen LogP contribution in [0.15, 0.2) is 0 Å². The average Bonchev–Trinajstić information content (AvgIpc) is 2.00. The molecule has 3 atom stereocenters. The Kier molecular flexibility index (Phi) is 5.14. The quantitative estimate of drug-likeness (QED) is 0.333. The van der Waals surface area contributed by atoms with Gasteiger partial charge in [-0.1, -0.05) is 22.6 Å². The third-order valence-corrected chi connectivity index (χ3v) is 1.94. The standard InChI is InChI=1S/C5H9IO4/c6-1-3(8)5(10)4(9)2-7/h2-5,8-10H,1H2/t3-,4+,5-/m1/s1. The van der Waals surface area contributed by atoms with Gasteiger partial charge in [0.2, 0.25) is 0 Å². The van der Waals surface area contributed by atoms with Gasteiger partial charge in [0.25, 0.3) is 0 Å². The van der Waals surface area contributed by atoms with E-state index < -0.39 is 18.3 Å². The van der Waals surface area contributed by atoms with Gasteiger partial charge in [-0.15, -0.1) is 0 Å². The molecule has 0 heterocycles. The molecule has 5 heteroatoms. The molecule has 0 aliphatic heterocycles. The van der Waals surface area contributed by atoms with E-state index in [4.69, 9.17) is 15.3 Å². The lowest BCUT2D eigenvalue weighted by molar-refractivity contribution is -0.124. The van der Waals surface area contributed by atoms with Crippen LogP contribution < -0.4 is 0 Å². The third kappa shape index (κ3) is 2.91. The van der Waals surface area contributed by atoms with Crippen molar-refractivity contribution in [2.24, 2.45) is 0 Å². The number of aldehydes is 1. The number of hydrogen-bond donors (Lipinski definition) is 3. The van der Waals surface area contributed by atoms with Crippen LogP contribution in [-0.2, 0) is 4.79 Å². The Labute approximate surface area is 72.0 Å². The molecule has 10 heavy (non-hydrogen) atoms. The first-order valence-corrected chi connectivity index (χ1v) is 4.21. The van der Waals surface area contributed by atoms with Crippen LogP contribution >= 0.6 is 22.6 Å². The van der Waals surface area contributed by atoms with Gasteiger partial charge in [-0.2, -0.15) is 0 Å². The van der Waals surface area contributed by atoms with Crippen molar-refractivity contribution in [1.82, 2.24) is 0 Å². The van der Waals surface area contributed by atoms with Gasteiger partial charge in [0.05, 0.1) is 6.10 Å². The fraction of sp³-hybridized carbons (Fsp3) is 0.800. The predicted octanol–water partition coefficient (Wildman–Crippen LogP) is -1.30. The van der Waals surface area contributed by atoms with Gasteiger partial charge in [0, 0.05) is 4.43 Å². The SMILES string of the molecule is O=C[C@H](O)[C@H](O)[C@H](O)CI. The van der Waals surface area contributed by atoms with Crippen molar-refractivity contribution >= 4 is 28.9 Å². The van der Waals surface area contributed by atoms with Crippen molar-refractivity contribution in [3.05, 3.63) is 0 Å². The summed E-state index contributed by atoms with van der Waals surface area (Å²) in [6.45, 7) is 0. The molecular formula is C5H9IO4. The Hall–Kier alpha value is 0.280. The second kappa shape index (κ2) is 5.00. The molecule has 0 aromatic heterocycles. The lowest BCUT2D eigenvalue weighted by Crippen LogP contribution is -2.39. The van der Waals surface area contributed by atoms with E-state index >= 15 is 0 Å². The molecule has 0 aromatic rings. The van der Waals surface area contributed by atoms with E-state index in [1.54, 1.807) is 0 Å². The van der Waals surface area contributed by atoms with Gasteiger partial charge < -0.3 is 20.1 Å². The van der Waals surface area contributed by atoms with E-state index in [0.29, 0.717) is 0 Å². The molecule has 3 N–H and O–H groups in total. The van der Waals surface area contributed by atoms with Gasteiger partial charge in [-0.25, -0.2) is 0 Å². The van der Waals surface area contributed by atoms with Crippen LogP contribution in [0.25, 0.3) is 0 Å². The molecule has 0 rings (SSSR count). The smallest absolute Gasteiger partial charge is 0.151 e. The van der Waals surface area contributed by atoms with Crippen molar-refractivity contribution in [2.45, 2.75) is 18.3 Å². The van der Waals surface area contributed by atoms with E-state index in [-0.39, 0.29) is 10.7 Å². The number of carbonyl (C=O) groups excluding carboxylic acids is 1. The average molecular weight is 260 g/mol. The maximum absolute atomic E-state index is 9.84. The van der Waals surface area contributed by atoms with Crippen molar-refractivity contribution in [3.63, 3.8) is 0 Å². The molecule has 0 amide bonds. The summed E-state index contributed by atoms with van der Waals surface area (Å²) in [5.74, 6) is 0. The molecule has 0 spiro atoms. The Balaban J connectivity index is 3.80. The molecule has 0 aliphatic rings. The summed E-state index contributed by atoms with van der Waals surface area (Å²) in [5.41, 5.74) is 0. The molecule has 0 radical (unpaired) electrons. The van der Waals surface area contributed by atoms with E-state index in [2.05, 4.69) is 0 Å². The number of halogens is 1. The lowest BCUT2D eigenvalue weighted by atomic mass is 10.1. The van der Waals surface area contributed by atoms with E-state index in [1.807, 2.05) is 22.6 Å². The van der Waals surface area contributed by atoms with Gasteiger partial charge in [-0.3, -0.25) is 0 Å². The summed E-state index contributed by atoms with van der Waals surface area (Å²) in [7, 11) is 0. The minimum absolute atomic E-state index is 0.195. The zero-order chi connectivity index (χ0) is 8.15. The first-order valence-electron chi connectivity index (χ1n) is 2.69. The molecule has 4 nitrogen and oxygen atoms in total. The third-order valence-electron chi connectivity index (χ3n) is 1.04. The number of aliphatic hydroxyl groups excluding tert-OH is 3. The van der Waals surface area contributed by atoms with E-state index in [9.17, 15) is 4.79 Å².